The van der Waals surface area contributed by atoms with Crippen molar-refractivity contribution < 1.29 is 0 Å². The Morgan fingerprint density at radius 3 is 2.07 bits per heavy atom. The highest BCUT2D eigenvalue weighted by Gasteiger charge is 2.10. The predicted molar refractivity (Wildman–Crippen MR) is 64.7 cm³/mol. The normalized spacial score (nSPS) is 14.4. The Bertz CT molecular complexity index is 132. The van der Waals surface area contributed by atoms with Gasteiger partial charge in [0, 0.05) is 25.2 Å². The van der Waals surface area contributed by atoms with Gasteiger partial charge in [0.25, 0.3) is 0 Å². The van der Waals surface area contributed by atoms with Gasteiger partial charge in [-0.1, -0.05) is 27.7 Å². The smallest absolute Gasteiger partial charge is 0.0107 e. The average molecular weight is 200 g/mol. The van der Waals surface area contributed by atoms with Gasteiger partial charge in [0.05, 0.1) is 0 Å². The molecule has 0 fully saturated rings. The van der Waals surface area contributed by atoms with E-state index in [1.165, 1.54) is 6.42 Å². The summed E-state index contributed by atoms with van der Waals surface area (Å²) < 4.78 is 0. The van der Waals surface area contributed by atoms with Crippen molar-refractivity contribution in [2.75, 3.05) is 20.1 Å². The summed E-state index contributed by atoms with van der Waals surface area (Å²) in [7, 11) is 2.22. The summed E-state index contributed by atoms with van der Waals surface area (Å²) in [4.78, 5) is 2.44. The molecule has 2 heteroatoms. The molecule has 0 aromatic heterocycles. The highest BCUT2D eigenvalue weighted by atomic mass is 15.1. The lowest BCUT2D eigenvalue weighted by Crippen LogP contribution is -2.37. The molecule has 0 radical (unpaired) electrons. The molecular formula is C12H28N2. The molecule has 1 atom stereocenters. The number of rotatable bonds is 7. The van der Waals surface area contributed by atoms with Crippen LogP contribution < -0.4 is 5.32 Å². The minimum Gasteiger partial charge on any atom is -0.313 e. The van der Waals surface area contributed by atoms with Crippen molar-refractivity contribution in [1.82, 2.24) is 10.2 Å². The van der Waals surface area contributed by atoms with E-state index < -0.39 is 0 Å². The lowest BCUT2D eigenvalue weighted by molar-refractivity contribution is 0.227. The van der Waals surface area contributed by atoms with Crippen LogP contribution in [0.2, 0.25) is 0 Å². The first-order valence-corrected chi connectivity index (χ1v) is 5.87. The number of likely N-dealkylation sites (N-methyl/N-ethyl adjacent to an activating group) is 1. The largest absolute Gasteiger partial charge is 0.313 e. The molecule has 0 heterocycles. The molecule has 0 amide bonds. The second-order valence-electron chi connectivity index (χ2n) is 5.07. The van der Waals surface area contributed by atoms with E-state index in [0.29, 0.717) is 12.1 Å². The van der Waals surface area contributed by atoms with Crippen molar-refractivity contribution in [2.45, 2.75) is 53.1 Å². The predicted octanol–water partition coefficient (Wildman–Crippen LogP) is 2.35. The quantitative estimate of drug-likeness (QED) is 0.678. The van der Waals surface area contributed by atoms with Crippen LogP contribution in [0.3, 0.4) is 0 Å². The van der Waals surface area contributed by atoms with Crippen molar-refractivity contribution >= 4 is 0 Å². The maximum absolute atomic E-state index is 3.44. The molecule has 0 aromatic carbocycles. The number of nitrogens with zero attached hydrogens (tertiary/aromatic N) is 1. The van der Waals surface area contributed by atoms with Gasteiger partial charge in [-0.15, -0.1) is 0 Å². The summed E-state index contributed by atoms with van der Waals surface area (Å²) in [6.45, 7) is 13.5. The maximum Gasteiger partial charge on any atom is 0.0107 e. The van der Waals surface area contributed by atoms with Crippen molar-refractivity contribution in [3.8, 4) is 0 Å². The first-order chi connectivity index (χ1) is 6.43. The van der Waals surface area contributed by atoms with E-state index in [2.05, 4.69) is 51.9 Å². The van der Waals surface area contributed by atoms with Crippen molar-refractivity contribution in [1.29, 1.82) is 0 Å². The molecule has 14 heavy (non-hydrogen) atoms. The van der Waals surface area contributed by atoms with E-state index in [1.807, 2.05) is 0 Å². The second-order valence-corrected chi connectivity index (χ2v) is 5.07. The zero-order chi connectivity index (χ0) is 11.1. The third-order valence-electron chi connectivity index (χ3n) is 2.58. The first kappa shape index (κ1) is 13.9. The summed E-state index contributed by atoms with van der Waals surface area (Å²) in [6.07, 6.45) is 1.29. The summed E-state index contributed by atoms with van der Waals surface area (Å²) in [5, 5.41) is 3.44. The van der Waals surface area contributed by atoms with E-state index in [4.69, 9.17) is 0 Å². The molecule has 1 unspecified atom stereocenters. The Balaban J connectivity index is 3.56. The van der Waals surface area contributed by atoms with Crippen LogP contribution in [0.4, 0.5) is 0 Å². The summed E-state index contributed by atoms with van der Waals surface area (Å²) >= 11 is 0. The highest BCUT2D eigenvalue weighted by Crippen LogP contribution is 2.08. The molecule has 0 saturated heterocycles. The lowest BCUT2D eigenvalue weighted by atomic mass is 10.0. The summed E-state index contributed by atoms with van der Waals surface area (Å²) in [5.74, 6) is 0.797. The van der Waals surface area contributed by atoms with Gasteiger partial charge in [-0.3, -0.25) is 0 Å². The molecule has 0 aliphatic rings. The van der Waals surface area contributed by atoms with Gasteiger partial charge in [-0.2, -0.15) is 0 Å². The van der Waals surface area contributed by atoms with Gasteiger partial charge < -0.3 is 10.2 Å². The van der Waals surface area contributed by atoms with E-state index in [1.54, 1.807) is 0 Å². The van der Waals surface area contributed by atoms with Gasteiger partial charge in [-0.25, -0.2) is 0 Å². The van der Waals surface area contributed by atoms with Gasteiger partial charge in [0.2, 0.25) is 0 Å². The maximum atomic E-state index is 3.44. The molecule has 0 bridgehead atoms. The SMILES string of the molecule is CC(C)CC(C)N(C)CCNC(C)C. The van der Waals surface area contributed by atoms with Crippen LogP contribution in [0.5, 0.6) is 0 Å². The summed E-state index contributed by atoms with van der Waals surface area (Å²) in [6, 6.07) is 1.30. The Hall–Kier alpha value is -0.0800. The minimum atomic E-state index is 0.601. The molecule has 0 saturated carbocycles. The van der Waals surface area contributed by atoms with Crippen LogP contribution >= 0.6 is 0 Å². The van der Waals surface area contributed by atoms with Gasteiger partial charge in [0.15, 0.2) is 0 Å². The molecule has 0 aliphatic heterocycles. The lowest BCUT2D eigenvalue weighted by Gasteiger charge is -2.26. The molecule has 86 valence electrons. The second kappa shape index (κ2) is 7.24. The molecular weight excluding hydrogens is 172 g/mol. The summed E-state index contributed by atoms with van der Waals surface area (Å²) in [5.41, 5.74) is 0. The molecule has 1 N–H and O–H groups in total. The standard InChI is InChI=1S/C12H28N2/c1-10(2)9-12(5)14(6)8-7-13-11(3)4/h10-13H,7-9H2,1-6H3. The van der Waals surface area contributed by atoms with Crippen LogP contribution in [0, 0.1) is 5.92 Å². The van der Waals surface area contributed by atoms with Gasteiger partial charge in [0.1, 0.15) is 0 Å². The van der Waals surface area contributed by atoms with Crippen LogP contribution in [0.1, 0.15) is 41.0 Å². The van der Waals surface area contributed by atoms with E-state index in [-0.39, 0.29) is 0 Å². The molecule has 0 aromatic rings. The van der Waals surface area contributed by atoms with E-state index in [9.17, 15) is 0 Å². The third-order valence-corrected chi connectivity index (χ3v) is 2.58. The fraction of sp³-hybridized carbons (Fsp3) is 1.00. The highest BCUT2D eigenvalue weighted by molar-refractivity contribution is 4.66. The van der Waals surface area contributed by atoms with E-state index >= 15 is 0 Å². The number of nitrogens with one attached hydrogen (secondary N) is 1. The number of hydrogen-bond donors (Lipinski definition) is 1. The number of hydrogen-bond acceptors (Lipinski definition) is 2. The van der Waals surface area contributed by atoms with Crippen LogP contribution in [-0.4, -0.2) is 37.1 Å². The van der Waals surface area contributed by atoms with Crippen LogP contribution in [0.25, 0.3) is 0 Å². The van der Waals surface area contributed by atoms with Crippen molar-refractivity contribution in [3.63, 3.8) is 0 Å². The van der Waals surface area contributed by atoms with Crippen LogP contribution in [-0.2, 0) is 0 Å². The molecule has 0 rings (SSSR count). The minimum absolute atomic E-state index is 0.601. The van der Waals surface area contributed by atoms with Crippen molar-refractivity contribution in [2.24, 2.45) is 5.92 Å². The first-order valence-electron chi connectivity index (χ1n) is 5.87. The van der Waals surface area contributed by atoms with Crippen LogP contribution in [0.15, 0.2) is 0 Å². The zero-order valence-corrected chi connectivity index (χ0v) is 10.8. The fourth-order valence-corrected chi connectivity index (χ4v) is 1.61. The molecule has 0 aliphatic carbocycles. The van der Waals surface area contributed by atoms with Gasteiger partial charge >= 0.3 is 0 Å². The third kappa shape index (κ3) is 7.34. The Labute approximate surface area is 90.1 Å². The van der Waals surface area contributed by atoms with Gasteiger partial charge in [-0.05, 0) is 26.3 Å². The van der Waals surface area contributed by atoms with Crippen molar-refractivity contribution in [3.05, 3.63) is 0 Å². The topological polar surface area (TPSA) is 15.3 Å². The Kier molecular flexibility index (Phi) is 7.20. The fourth-order valence-electron chi connectivity index (χ4n) is 1.61. The molecule has 2 nitrogen and oxygen atoms in total. The Morgan fingerprint density at radius 2 is 1.64 bits per heavy atom. The average Bonchev–Trinajstić information content (AvgIpc) is 2.01. The Morgan fingerprint density at radius 1 is 1.07 bits per heavy atom. The zero-order valence-electron chi connectivity index (χ0n) is 10.8. The van der Waals surface area contributed by atoms with E-state index in [0.717, 1.165) is 19.0 Å². The molecule has 0 spiro atoms. The monoisotopic (exact) mass is 200 g/mol.